The van der Waals surface area contributed by atoms with Gasteiger partial charge in [0.25, 0.3) is 0 Å². The molecule has 1 rings (SSSR count). The highest BCUT2D eigenvalue weighted by molar-refractivity contribution is 4.91. The Hall–Kier alpha value is -0.0800. The molecule has 1 fully saturated rings. The SMILES string of the molecule is CCC(C)(C)N(C)C1CC(C)CCC1CN. The van der Waals surface area contributed by atoms with Gasteiger partial charge in [-0.25, -0.2) is 0 Å². The van der Waals surface area contributed by atoms with E-state index in [1.54, 1.807) is 0 Å². The molecule has 2 N–H and O–H groups in total. The van der Waals surface area contributed by atoms with E-state index in [0.29, 0.717) is 17.5 Å². The van der Waals surface area contributed by atoms with Crippen LogP contribution in [0, 0.1) is 11.8 Å². The molecule has 0 bridgehead atoms. The van der Waals surface area contributed by atoms with Gasteiger partial charge >= 0.3 is 0 Å². The van der Waals surface area contributed by atoms with E-state index in [9.17, 15) is 0 Å². The van der Waals surface area contributed by atoms with Gasteiger partial charge in [0.15, 0.2) is 0 Å². The van der Waals surface area contributed by atoms with Crippen LogP contribution in [0.3, 0.4) is 0 Å². The Balaban J connectivity index is 2.74. The highest BCUT2D eigenvalue weighted by Gasteiger charge is 2.35. The Labute approximate surface area is 102 Å². The van der Waals surface area contributed by atoms with E-state index in [4.69, 9.17) is 5.73 Å². The predicted molar refractivity (Wildman–Crippen MR) is 71.5 cm³/mol. The topological polar surface area (TPSA) is 29.3 Å². The monoisotopic (exact) mass is 226 g/mol. The lowest BCUT2D eigenvalue weighted by atomic mass is 9.77. The first-order chi connectivity index (χ1) is 7.42. The van der Waals surface area contributed by atoms with Crippen LogP contribution < -0.4 is 5.73 Å². The standard InChI is InChI=1S/C14H30N2/c1-6-14(3,4)16(5)13-9-11(2)7-8-12(13)10-15/h11-13H,6-10,15H2,1-5H3. The van der Waals surface area contributed by atoms with Crippen molar-refractivity contribution in [1.29, 1.82) is 0 Å². The summed E-state index contributed by atoms with van der Waals surface area (Å²) in [6.45, 7) is 10.2. The summed E-state index contributed by atoms with van der Waals surface area (Å²) in [6, 6.07) is 0.684. The van der Waals surface area contributed by atoms with Crippen molar-refractivity contribution in [3.05, 3.63) is 0 Å². The van der Waals surface area contributed by atoms with Gasteiger partial charge in [-0.3, -0.25) is 4.90 Å². The van der Waals surface area contributed by atoms with Crippen molar-refractivity contribution in [2.45, 2.75) is 65.0 Å². The zero-order chi connectivity index (χ0) is 12.3. The van der Waals surface area contributed by atoms with Crippen molar-refractivity contribution in [3.8, 4) is 0 Å². The average molecular weight is 226 g/mol. The van der Waals surface area contributed by atoms with Crippen LogP contribution in [0.1, 0.15) is 53.4 Å². The van der Waals surface area contributed by atoms with E-state index in [-0.39, 0.29) is 0 Å². The molecule has 3 atom stereocenters. The number of nitrogens with two attached hydrogens (primary N) is 1. The molecule has 96 valence electrons. The zero-order valence-corrected chi connectivity index (χ0v) is 11.8. The summed E-state index contributed by atoms with van der Waals surface area (Å²) < 4.78 is 0. The Morgan fingerprint density at radius 3 is 2.44 bits per heavy atom. The Morgan fingerprint density at radius 2 is 1.94 bits per heavy atom. The van der Waals surface area contributed by atoms with Crippen LogP contribution >= 0.6 is 0 Å². The van der Waals surface area contributed by atoms with Gasteiger partial charge in [-0.2, -0.15) is 0 Å². The van der Waals surface area contributed by atoms with Crippen molar-refractivity contribution in [2.75, 3.05) is 13.6 Å². The molecule has 1 aliphatic carbocycles. The van der Waals surface area contributed by atoms with Gasteiger partial charge in [0.2, 0.25) is 0 Å². The number of rotatable bonds is 4. The van der Waals surface area contributed by atoms with Gasteiger partial charge in [-0.1, -0.05) is 20.3 Å². The van der Waals surface area contributed by atoms with Crippen molar-refractivity contribution in [2.24, 2.45) is 17.6 Å². The molecule has 0 aromatic carbocycles. The van der Waals surface area contributed by atoms with Crippen LogP contribution in [0.2, 0.25) is 0 Å². The molecule has 0 radical (unpaired) electrons. The molecule has 16 heavy (non-hydrogen) atoms. The molecule has 2 nitrogen and oxygen atoms in total. The number of nitrogens with zero attached hydrogens (tertiary/aromatic N) is 1. The minimum Gasteiger partial charge on any atom is -0.330 e. The summed E-state index contributed by atoms with van der Waals surface area (Å²) in [6.07, 6.45) is 5.19. The first kappa shape index (κ1) is 14.0. The van der Waals surface area contributed by atoms with Crippen LogP contribution in [0.4, 0.5) is 0 Å². The van der Waals surface area contributed by atoms with Crippen LogP contribution in [-0.2, 0) is 0 Å². The third-order valence-corrected chi connectivity index (χ3v) is 4.84. The summed E-state index contributed by atoms with van der Waals surface area (Å²) in [5.74, 6) is 1.56. The third-order valence-electron chi connectivity index (χ3n) is 4.84. The average Bonchev–Trinajstić information content (AvgIpc) is 2.28. The smallest absolute Gasteiger partial charge is 0.0150 e. The molecule has 0 spiro atoms. The maximum Gasteiger partial charge on any atom is 0.0150 e. The Kier molecular flexibility index (Phi) is 4.81. The summed E-state index contributed by atoms with van der Waals surface area (Å²) in [4.78, 5) is 2.58. The van der Waals surface area contributed by atoms with Gasteiger partial charge in [0, 0.05) is 11.6 Å². The summed E-state index contributed by atoms with van der Waals surface area (Å²) in [5.41, 5.74) is 6.24. The highest BCUT2D eigenvalue weighted by Crippen LogP contribution is 2.34. The highest BCUT2D eigenvalue weighted by atomic mass is 15.2. The van der Waals surface area contributed by atoms with Crippen molar-refractivity contribution in [3.63, 3.8) is 0 Å². The molecule has 0 saturated heterocycles. The fourth-order valence-corrected chi connectivity index (χ4v) is 2.86. The normalized spacial score (nSPS) is 32.1. The zero-order valence-electron chi connectivity index (χ0n) is 11.8. The molecule has 0 aromatic heterocycles. The van der Waals surface area contributed by atoms with Gasteiger partial charge < -0.3 is 5.73 Å². The van der Waals surface area contributed by atoms with Crippen molar-refractivity contribution >= 4 is 0 Å². The lowest BCUT2D eigenvalue weighted by molar-refractivity contribution is 0.0298. The maximum absolute atomic E-state index is 5.93. The summed E-state index contributed by atoms with van der Waals surface area (Å²) in [7, 11) is 2.29. The number of hydrogen-bond acceptors (Lipinski definition) is 2. The van der Waals surface area contributed by atoms with Gasteiger partial charge in [0.1, 0.15) is 0 Å². The minimum absolute atomic E-state index is 0.301. The van der Waals surface area contributed by atoms with E-state index in [1.807, 2.05) is 0 Å². The third kappa shape index (κ3) is 2.98. The molecule has 0 amide bonds. The molecule has 0 aromatic rings. The number of hydrogen-bond donors (Lipinski definition) is 1. The molecule has 0 aliphatic heterocycles. The van der Waals surface area contributed by atoms with Crippen molar-refractivity contribution < 1.29 is 0 Å². The lowest BCUT2D eigenvalue weighted by Gasteiger charge is -2.47. The molecular formula is C14H30N2. The summed E-state index contributed by atoms with van der Waals surface area (Å²) >= 11 is 0. The molecule has 0 heterocycles. The van der Waals surface area contributed by atoms with E-state index >= 15 is 0 Å². The van der Waals surface area contributed by atoms with Crippen molar-refractivity contribution in [1.82, 2.24) is 4.90 Å². The first-order valence-corrected chi connectivity index (χ1v) is 6.85. The molecular weight excluding hydrogens is 196 g/mol. The minimum atomic E-state index is 0.301. The Bertz CT molecular complexity index is 213. The fourth-order valence-electron chi connectivity index (χ4n) is 2.86. The molecule has 2 heteroatoms. The maximum atomic E-state index is 5.93. The second-order valence-electron chi connectivity index (χ2n) is 6.26. The quantitative estimate of drug-likeness (QED) is 0.798. The molecule has 1 saturated carbocycles. The molecule has 3 unspecified atom stereocenters. The van der Waals surface area contributed by atoms with Crippen LogP contribution in [-0.4, -0.2) is 30.1 Å². The predicted octanol–water partition coefficient (Wildman–Crippen LogP) is 2.87. The molecule has 1 aliphatic rings. The Morgan fingerprint density at radius 1 is 1.31 bits per heavy atom. The fraction of sp³-hybridized carbons (Fsp3) is 1.00. The largest absolute Gasteiger partial charge is 0.330 e. The van der Waals surface area contributed by atoms with E-state index in [1.165, 1.54) is 25.7 Å². The lowest BCUT2D eigenvalue weighted by Crippen LogP contribution is -2.53. The summed E-state index contributed by atoms with van der Waals surface area (Å²) in [5, 5.41) is 0. The van der Waals surface area contributed by atoms with Crippen LogP contribution in [0.25, 0.3) is 0 Å². The van der Waals surface area contributed by atoms with E-state index in [0.717, 1.165) is 12.5 Å². The van der Waals surface area contributed by atoms with Crippen LogP contribution in [0.5, 0.6) is 0 Å². The second-order valence-corrected chi connectivity index (χ2v) is 6.26. The van der Waals surface area contributed by atoms with E-state index in [2.05, 4.69) is 39.6 Å². The van der Waals surface area contributed by atoms with Gasteiger partial charge in [-0.15, -0.1) is 0 Å². The first-order valence-electron chi connectivity index (χ1n) is 6.85. The van der Waals surface area contributed by atoms with Gasteiger partial charge in [-0.05, 0) is 58.5 Å². The van der Waals surface area contributed by atoms with Crippen LogP contribution in [0.15, 0.2) is 0 Å². The second kappa shape index (κ2) is 5.50. The van der Waals surface area contributed by atoms with Gasteiger partial charge in [0.05, 0.1) is 0 Å². The van der Waals surface area contributed by atoms with E-state index < -0.39 is 0 Å².